The molecule has 2 rings (SSSR count). The molecule has 3 heteroatoms. The Morgan fingerprint density at radius 3 is 2.75 bits per heavy atom. The highest BCUT2D eigenvalue weighted by molar-refractivity contribution is 5.07. The Balaban J connectivity index is 2.08. The van der Waals surface area contributed by atoms with Crippen LogP contribution in [0.25, 0.3) is 0 Å². The maximum absolute atomic E-state index is 11.0. The minimum atomic E-state index is -0.528. The van der Waals surface area contributed by atoms with Crippen molar-refractivity contribution in [1.82, 2.24) is 9.78 Å². The largest absolute Gasteiger partial charge is 0.389 e. The van der Waals surface area contributed by atoms with Gasteiger partial charge in [0, 0.05) is 12.6 Å². The van der Waals surface area contributed by atoms with Gasteiger partial charge in [0.05, 0.1) is 17.3 Å². The van der Waals surface area contributed by atoms with Crippen LogP contribution in [0.15, 0.2) is 12.3 Å². The molecule has 0 saturated heterocycles. The van der Waals surface area contributed by atoms with Crippen molar-refractivity contribution in [3.63, 3.8) is 0 Å². The minimum Gasteiger partial charge on any atom is -0.389 e. The Bertz CT molecular complexity index is 411. The normalized spacial score (nSPS) is 27.1. The van der Waals surface area contributed by atoms with Crippen LogP contribution in [-0.4, -0.2) is 20.5 Å². The lowest BCUT2D eigenvalue weighted by Gasteiger charge is -2.39. The molecule has 0 aromatic carbocycles. The second-order valence-corrected chi connectivity index (χ2v) is 6.39. The van der Waals surface area contributed by atoms with Gasteiger partial charge in [-0.3, -0.25) is 4.68 Å². The van der Waals surface area contributed by atoms with Gasteiger partial charge in [0.1, 0.15) is 0 Å². The number of aromatic nitrogens is 2. The van der Waals surface area contributed by atoms with Crippen LogP contribution in [0.4, 0.5) is 0 Å². The van der Waals surface area contributed by atoms with Crippen LogP contribution in [0, 0.1) is 5.92 Å². The van der Waals surface area contributed by atoms with E-state index in [-0.39, 0.29) is 0 Å². The Morgan fingerprint density at radius 2 is 2.10 bits per heavy atom. The van der Waals surface area contributed by atoms with Crippen molar-refractivity contribution in [3.8, 4) is 0 Å². The zero-order valence-corrected chi connectivity index (χ0v) is 13.3. The average molecular weight is 278 g/mol. The summed E-state index contributed by atoms with van der Waals surface area (Å²) in [4.78, 5) is 0. The first-order valence-corrected chi connectivity index (χ1v) is 8.39. The molecule has 0 bridgehead atoms. The summed E-state index contributed by atoms with van der Waals surface area (Å²) in [6, 6.07) is 2.59. The summed E-state index contributed by atoms with van der Waals surface area (Å²) in [5.41, 5.74) is 0.528. The summed E-state index contributed by atoms with van der Waals surface area (Å²) in [5.74, 6) is 0.439. The fourth-order valence-electron chi connectivity index (χ4n) is 3.76. The molecule has 1 heterocycles. The third-order valence-electron chi connectivity index (χ3n) is 5.13. The molecular weight excluding hydrogens is 248 g/mol. The Morgan fingerprint density at radius 1 is 1.35 bits per heavy atom. The van der Waals surface area contributed by atoms with E-state index in [4.69, 9.17) is 5.10 Å². The minimum absolute atomic E-state index is 0.439. The van der Waals surface area contributed by atoms with Crippen molar-refractivity contribution < 1.29 is 5.11 Å². The van der Waals surface area contributed by atoms with Gasteiger partial charge >= 0.3 is 0 Å². The van der Waals surface area contributed by atoms with E-state index in [1.54, 1.807) is 0 Å². The molecule has 1 aromatic rings. The predicted octanol–water partition coefficient (Wildman–Crippen LogP) is 4.12. The zero-order chi connectivity index (χ0) is 14.6. The second kappa shape index (κ2) is 6.75. The van der Waals surface area contributed by atoms with Gasteiger partial charge in [-0.25, -0.2) is 0 Å². The van der Waals surface area contributed by atoms with Crippen LogP contribution in [-0.2, 0) is 6.42 Å². The van der Waals surface area contributed by atoms with Crippen LogP contribution >= 0.6 is 0 Å². The third kappa shape index (κ3) is 3.25. The molecule has 20 heavy (non-hydrogen) atoms. The number of rotatable bonds is 6. The SMILES string of the molecule is CCC(CC)n1ccc(CC2(O)CCCCC2CC)n1. The van der Waals surface area contributed by atoms with E-state index >= 15 is 0 Å². The molecule has 1 N–H and O–H groups in total. The van der Waals surface area contributed by atoms with Crippen molar-refractivity contribution >= 4 is 0 Å². The van der Waals surface area contributed by atoms with Gasteiger partial charge in [-0.2, -0.15) is 5.10 Å². The average Bonchev–Trinajstić information content (AvgIpc) is 2.88. The molecule has 0 spiro atoms. The van der Waals surface area contributed by atoms with Crippen molar-refractivity contribution in [1.29, 1.82) is 0 Å². The number of aliphatic hydroxyl groups is 1. The molecule has 1 saturated carbocycles. The lowest BCUT2D eigenvalue weighted by molar-refractivity contribution is -0.0499. The van der Waals surface area contributed by atoms with Gasteiger partial charge in [0.2, 0.25) is 0 Å². The van der Waals surface area contributed by atoms with Crippen LogP contribution in [0.2, 0.25) is 0 Å². The summed E-state index contributed by atoms with van der Waals surface area (Å²) < 4.78 is 2.09. The van der Waals surface area contributed by atoms with Gasteiger partial charge in [-0.1, -0.05) is 40.0 Å². The van der Waals surface area contributed by atoms with Crippen LogP contribution in [0.1, 0.15) is 77.5 Å². The first-order valence-electron chi connectivity index (χ1n) is 8.39. The second-order valence-electron chi connectivity index (χ2n) is 6.39. The first-order chi connectivity index (χ1) is 9.62. The van der Waals surface area contributed by atoms with E-state index in [0.29, 0.717) is 12.0 Å². The molecule has 1 aromatic heterocycles. The molecule has 0 amide bonds. The van der Waals surface area contributed by atoms with Crippen LogP contribution < -0.4 is 0 Å². The van der Waals surface area contributed by atoms with Crippen molar-refractivity contribution in [2.24, 2.45) is 5.92 Å². The Hall–Kier alpha value is -0.830. The lowest BCUT2D eigenvalue weighted by atomic mass is 9.72. The molecule has 1 aliphatic rings. The Kier molecular flexibility index (Phi) is 5.25. The summed E-state index contributed by atoms with van der Waals surface area (Å²) in [7, 11) is 0. The highest BCUT2D eigenvalue weighted by Crippen LogP contribution is 2.38. The fourth-order valence-corrected chi connectivity index (χ4v) is 3.76. The summed E-state index contributed by atoms with van der Waals surface area (Å²) in [6.07, 6.45) is 10.6. The van der Waals surface area contributed by atoms with E-state index in [9.17, 15) is 5.11 Å². The zero-order valence-electron chi connectivity index (χ0n) is 13.3. The standard InChI is InChI=1S/C17H30N2O/c1-4-14-9-7-8-11-17(14,20)13-15-10-12-19(18-15)16(5-2)6-3/h10,12,14,16,20H,4-9,11,13H2,1-3H3. The van der Waals surface area contributed by atoms with Crippen molar-refractivity contribution in [2.45, 2.75) is 83.8 Å². The maximum Gasteiger partial charge on any atom is 0.0731 e. The van der Waals surface area contributed by atoms with Gasteiger partial charge in [0.15, 0.2) is 0 Å². The highest BCUT2D eigenvalue weighted by Gasteiger charge is 2.38. The van der Waals surface area contributed by atoms with E-state index in [1.165, 1.54) is 12.8 Å². The van der Waals surface area contributed by atoms with E-state index in [1.807, 2.05) is 0 Å². The molecule has 1 fully saturated rings. The van der Waals surface area contributed by atoms with Crippen molar-refractivity contribution in [3.05, 3.63) is 18.0 Å². The lowest BCUT2D eigenvalue weighted by Crippen LogP contribution is -2.42. The maximum atomic E-state index is 11.0. The molecule has 1 aliphatic carbocycles. The summed E-state index contributed by atoms with van der Waals surface area (Å²) in [5, 5.41) is 15.7. The van der Waals surface area contributed by atoms with Gasteiger partial charge in [0.25, 0.3) is 0 Å². The van der Waals surface area contributed by atoms with E-state index in [2.05, 4.69) is 37.7 Å². The topological polar surface area (TPSA) is 38.0 Å². The monoisotopic (exact) mass is 278 g/mol. The quantitative estimate of drug-likeness (QED) is 0.850. The summed E-state index contributed by atoms with van der Waals surface area (Å²) >= 11 is 0. The van der Waals surface area contributed by atoms with Crippen molar-refractivity contribution in [2.75, 3.05) is 0 Å². The van der Waals surface area contributed by atoms with Gasteiger partial charge in [-0.15, -0.1) is 0 Å². The molecule has 0 radical (unpaired) electrons. The van der Waals surface area contributed by atoms with Gasteiger partial charge in [-0.05, 0) is 37.7 Å². The van der Waals surface area contributed by atoms with Crippen LogP contribution in [0.3, 0.4) is 0 Å². The van der Waals surface area contributed by atoms with E-state index < -0.39 is 5.60 Å². The fraction of sp³-hybridized carbons (Fsp3) is 0.824. The molecule has 114 valence electrons. The highest BCUT2D eigenvalue weighted by atomic mass is 16.3. The number of hydrogen-bond acceptors (Lipinski definition) is 2. The van der Waals surface area contributed by atoms with Gasteiger partial charge < -0.3 is 5.11 Å². The predicted molar refractivity (Wildman–Crippen MR) is 82.7 cm³/mol. The molecular formula is C17H30N2O. The number of hydrogen-bond donors (Lipinski definition) is 1. The molecule has 0 aliphatic heterocycles. The smallest absolute Gasteiger partial charge is 0.0731 e. The van der Waals surface area contributed by atoms with Crippen LogP contribution in [0.5, 0.6) is 0 Å². The molecule has 3 nitrogen and oxygen atoms in total. The molecule has 2 atom stereocenters. The van der Waals surface area contributed by atoms with E-state index in [0.717, 1.165) is 44.2 Å². The number of nitrogens with zero attached hydrogens (tertiary/aromatic N) is 2. The summed E-state index contributed by atoms with van der Waals surface area (Å²) in [6.45, 7) is 6.61. The third-order valence-corrected chi connectivity index (χ3v) is 5.13. The Labute approximate surface area is 123 Å². The first kappa shape index (κ1) is 15.6. The molecule has 2 unspecified atom stereocenters.